The van der Waals surface area contributed by atoms with Gasteiger partial charge in [0.15, 0.2) is 0 Å². The number of hydrogen-bond acceptors (Lipinski definition) is 2. The maximum absolute atomic E-state index is 12.9. The Balaban J connectivity index is 1.70. The van der Waals surface area contributed by atoms with Crippen LogP contribution < -0.4 is 5.32 Å². The van der Waals surface area contributed by atoms with Crippen molar-refractivity contribution < 1.29 is 4.39 Å². The molecule has 0 unspecified atom stereocenters. The van der Waals surface area contributed by atoms with Crippen LogP contribution in [-0.4, -0.2) is 22.9 Å². The molecule has 0 bridgehead atoms. The van der Waals surface area contributed by atoms with E-state index >= 15 is 0 Å². The molecule has 0 amide bonds. The van der Waals surface area contributed by atoms with Gasteiger partial charge < -0.3 is 5.32 Å². The Morgan fingerprint density at radius 1 is 1.21 bits per heavy atom. The molecule has 1 fully saturated rings. The third kappa shape index (κ3) is 3.01. The van der Waals surface area contributed by atoms with Gasteiger partial charge in [0.2, 0.25) is 0 Å². The van der Waals surface area contributed by atoms with Gasteiger partial charge in [-0.15, -0.1) is 0 Å². The van der Waals surface area contributed by atoms with Crippen LogP contribution in [0.3, 0.4) is 0 Å². The molecule has 2 aromatic rings. The Kier molecular flexibility index (Phi) is 3.60. The van der Waals surface area contributed by atoms with Gasteiger partial charge in [0.1, 0.15) is 5.82 Å². The smallest absolute Gasteiger partial charge is 0.123 e. The summed E-state index contributed by atoms with van der Waals surface area (Å²) in [7, 11) is 0. The Morgan fingerprint density at radius 3 is 2.68 bits per heavy atom. The first kappa shape index (κ1) is 12.4. The highest BCUT2D eigenvalue weighted by Crippen LogP contribution is 2.18. The largest absolute Gasteiger partial charge is 0.317 e. The molecule has 1 aliphatic rings. The van der Waals surface area contributed by atoms with E-state index in [4.69, 9.17) is 0 Å². The molecule has 1 aromatic heterocycles. The fourth-order valence-electron chi connectivity index (χ4n) is 2.62. The van der Waals surface area contributed by atoms with Crippen LogP contribution in [0.15, 0.2) is 36.7 Å². The monoisotopic (exact) mass is 259 g/mol. The minimum atomic E-state index is -0.217. The highest BCUT2D eigenvalue weighted by molar-refractivity contribution is 5.31. The van der Waals surface area contributed by atoms with Crippen molar-refractivity contribution in [3.05, 3.63) is 48.0 Å². The third-order valence-corrected chi connectivity index (χ3v) is 3.71. The first-order chi connectivity index (χ1) is 9.31. The predicted molar refractivity (Wildman–Crippen MR) is 72.8 cm³/mol. The van der Waals surface area contributed by atoms with Crippen LogP contribution in [0.5, 0.6) is 0 Å². The molecular formula is C15H18FN3. The number of nitrogens with zero attached hydrogens (tertiary/aromatic N) is 2. The Bertz CT molecular complexity index is 527. The summed E-state index contributed by atoms with van der Waals surface area (Å²) in [5, 5.41) is 7.74. The fraction of sp³-hybridized carbons (Fsp3) is 0.400. The van der Waals surface area contributed by atoms with Crippen LogP contribution >= 0.6 is 0 Å². The average molecular weight is 259 g/mol. The van der Waals surface area contributed by atoms with Crippen molar-refractivity contribution in [2.45, 2.75) is 19.3 Å². The SMILES string of the molecule is Fc1ccc(-n2cc(CC3CCNCC3)cn2)cc1. The lowest BCUT2D eigenvalue weighted by Gasteiger charge is -2.21. The van der Waals surface area contributed by atoms with E-state index in [1.807, 2.05) is 10.9 Å². The first-order valence-corrected chi connectivity index (χ1v) is 6.81. The van der Waals surface area contributed by atoms with Gasteiger partial charge in [-0.3, -0.25) is 0 Å². The summed E-state index contributed by atoms with van der Waals surface area (Å²) >= 11 is 0. The normalized spacial score (nSPS) is 16.7. The van der Waals surface area contributed by atoms with Crippen molar-refractivity contribution in [1.29, 1.82) is 0 Å². The van der Waals surface area contributed by atoms with Crippen molar-refractivity contribution in [2.24, 2.45) is 5.92 Å². The molecular weight excluding hydrogens is 241 g/mol. The molecule has 1 N–H and O–H groups in total. The number of nitrogens with one attached hydrogen (secondary N) is 1. The molecule has 0 spiro atoms. The lowest BCUT2D eigenvalue weighted by Crippen LogP contribution is -2.28. The molecule has 1 aromatic carbocycles. The molecule has 4 heteroatoms. The third-order valence-electron chi connectivity index (χ3n) is 3.71. The van der Waals surface area contributed by atoms with Crippen molar-refractivity contribution in [3.63, 3.8) is 0 Å². The van der Waals surface area contributed by atoms with Gasteiger partial charge in [-0.2, -0.15) is 5.10 Å². The summed E-state index contributed by atoms with van der Waals surface area (Å²) in [6, 6.07) is 6.42. The number of rotatable bonds is 3. The zero-order valence-corrected chi connectivity index (χ0v) is 10.8. The Hall–Kier alpha value is -1.68. The van der Waals surface area contributed by atoms with Crippen molar-refractivity contribution in [3.8, 4) is 5.69 Å². The number of aromatic nitrogens is 2. The molecule has 3 rings (SSSR count). The Morgan fingerprint density at radius 2 is 1.95 bits per heavy atom. The van der Waals surface area contributed by atoms with Crippen LogP contribution in [0.25, 0.3) is 5.69 Å². The predicted octanol–water partition coefficient (Wildman–Crippen LogP) is 2.55. The molecule has 0 aliphatic carbocycles. The van der Waals surface area contributed by atoms with E-state index in [0.717, 1.165) is 31.1 Å². The number of hydrogen-bond donors (Lipinski definition) is 1. The molecule has 2 heterocycles. The topological polar surface area (TPSA) is 29.9 Å². The summed E-state index contributed by atoms with van der Waals surface area (Å²) in [6.07, 6.45) is 7.53. The number of benzene rings is 1. The number of piperidine rings is 1. The summed E-state index contributed by atoms with van der Waals surface area (Å²) < 4.78 is 14.7. The highest BCUT2D eigenvalue weighted by Gasteiger charge is 2.14. The lowest BCUT2D eigenvalue weighted by molar-refractivity contribution is 0.372. The van der Waals surface area contributed by atoms with E-state index in [0.29, 0.717) is 0 Å². The quantitative estimate of drug-likeness (QED) is 0.918. The van der Waals surface area contributed by atoms with Gasteiger partial charge in [0.05, 0.1) is 11.9 Å². The van der Waals surface area contributed by atoms with E-state index in [9.17, 15) is 4.39 Å². The van der Waals surface area contributed by atoms with Crippen molar-refractivity contribution >= 4 is 0 Å². The second kappa shape index (κ2) is 5.53. The summed E-state index contributed by atoms with van der Waals surface area (Å²) in [5.74, 6) is 0.540. The fourth-order valence-corrected chi connectivity index (χ4v) is 2.62. The maximum Gasteiger partial charge on any atom is 0.123 e. The molecule has 3 nitrogen and oxygen atoms in total. The molecule has 0 atom stereocenters. The van der Waals surface area contributed by atoms with Gasteiger partial charge in [-0.05, 0) is 68.1 Å². The standard InChI is InChI=1S/C15H18FN3/c16-14-1-3-15(4-2-14)19-11-13(10-18-19)9-12-5-7-17-8-6-12/h1-4,10-12,17H,5-9H2. The molecule has 1 aliphatic heterocycles. The average Bonchev–Trinajstić information content (AvgIpc) is 2.89. The van der Waals surface area contributed by atoms with E-state index in [1.165, 1.54) is 30.5 Å². The van der Waals surface area contributed by atoms with Gasteiger partial charge in [-0.25, -0.2) is 9.07 Å². The van der Waals surface area contributed by atoms with Crippen LogP contribution in [0.1, 0.15) is 18.4 Å². The van der Waals surface area contributed by atoms with Crippen molar-refractivity contribution in [2.75, 3.05) is 13.1 Å². The van der Waals surface area contributed by atoms with Gasteiger partial charge in [0, 0.05) is 6.20 Å². The summed E-state index contributed by atoms with van der Waals surface area (Å²) in [5.41, 5.74) is 2.16. The molecule has 100 valence electrons. The molecule has 0 radical (unpaired) electrons. The summed E-state index contributed by atoms with van der Waals surface area (Å²) in [4.78, 5) is 0. The van der Waals surface area contributed by atoms with Gasteiger partial charge >= 0.3 is 0 Å². The van der Waals surface area contributed by atoms with E-state index in [-0.39, 0.29) is 5.82 Å². The molecule has 1 saturated heterocycles. The van der Waals surface area contributed by atoms with E-state index in [2.05, 4.69) is 16.6 Å². The molecule has 0 saturated carbocycles. The highest BCUT2D eigenvalue weighted by atomic mass is 19.1. The van der Waals surface area contributed by atoms with Crippen LogP contribution in [0, 0.1) is 11.7 Å². The summed E-state index contributed by atoms with van der Waals surface area (Å²) in [6.45, 7) is 2.24. The van der Waals surface area contributed by atoms with Gasteiger partial charge in [0.25, 0.3) is 0 Å². The van der Waals surface area contributed by atoms with E-state index < -0.39 is 0 Å². The zero-order valence-electron chi connectivity index (χ0n) is 10.8. The number of halogens is 1. The minimum Gasteiger partial charge on any atom is -0.317 e. The van der Waals surface area contributed by atoms with Crippen LogP contribution in [0.2, 0.25) is 0 Å². The van der Waals surface area contributed by atoms with E-state index in [1.54, 1.807) is 12.1 Å². The Labute approximate surface area is 112 Å². The van der Waals surface area contributed by atoms with Crippen LogP contribution in [0.4, 0.5) is 4.39 Å². The molecule has 19 heavy (non-hydrogen) atoms. The maximum atomic E-state index is 12.9. The van der Waals surface area contributed by atoms with Crippen molar-refractivity contribution in [1.82, 2.24) is 15.1 Å². The van der Waals surface area contributed by atoms with Crippen LogP contribution in [-0.2, 0) is 6.42 Å². The second-order valence-corrected chi connectivity index (χ2v) is 5.17. The first-order valence-electron chi connectivity index (χ1n) is 6.81. The minimum absolute atomic E-state index is 0.217. The van der Waals surface area contributed by atoms with Gasteiger partial charge in [-0.1, -0.05) is 0 Å². The lowest BCUT2D eigenvalue weighted by atomic mass is 9.92. The zero-order chi connectivity index (χ0) is 13.1. The second-order valence-electron chi connectivity index (χ2n) is 5.17.